The van der Waals surface area contributed by atoms with Gasteiger partial charge in [0.25, 0.3) is 5.91 Å². The molecule has 25 heavy (non-hydrogen) atoms. The SMILES string of the molecule is Cc1ccncc1C(=O)N1CC2(CC(CC(=O)NCC3CC3)CO2)C1. The van der Waals surface area contributed by atoms with Crippen LogP contribution < -0.4 is 5.32 Å². The van der Waals surface area contributed by atoms with Gasteiger partial charge in [0.2, 0.25) is 5.91 Å². The molecule has 2 aliphatic heterocycles. The summed E-state index contributed by atoms with van der Waals surface area (Å²) in [5.41, 5.74) is 1.36. The Labute approximate surface area is 147 Å². The van der Waals surface area contributed by atoms with Gasteiger partial charge in [-0.1, -0.05) is 0 Å². The number of pyridine rings is 1. The van der Waals surface area contributed by atoms with Crippen molar-refractivity contribution in [2.75, 3.05) is 26.2 Å². The van der Waals surface area contributed by atoms with E-state index < -0.39 is 0 Å². The van der Waals surface area contributed by atoms with Crippen molar-refractivity contribution in [1.29, 1.82) is 0 Å². The molecule has 6 nitrogen and oxygen atoms in total. The summed E-state index contributed by atoms with van der Waals surface area (Å²) in [7, 11) is 0. The van der Waals surface area contributed by atoms with Crippen molar-refractivity contribution in [3.8, 4) is 0 Å². The van der Waals surface area contributed by atoms with Crippen LogP contribution >= 0.6 is 0 Å². The van der Waals surface area contributed by atoms with E-state index in [-0.39, 0.29) is 23.3 Å². The van der Waals surface area contributed by atoms with Crippen molar-refractivity contribution in [3.63, 3.8) is 0 Å². The third-order valence-electron chi connectivity index (χ3n) is 5.56. The van der Waals surface area contributed by atoms with Gasteiger partial charge in [-0.2, -0.15) is 0 Å². The van der Waals surface area contributed by atoms with Crippen LogP contribution in [0.25, 0.3) is 0 Å². The van der Waals surface area contributed by atoms with Crippen molar-refractivity contribution >= 4 is 11.8 Å². The zero-order valence-electron chi connectivity index (χ0n) is 14.7. The lowest BCUT2D eigenvalue weighted by molar-refractivity contribution is -0.122. The third-order valence-corrected chi connectivity index (χ3v) is 5.56. The third kappa shape index (κ3) is 3.54. The Bertz CT molecular complexity index is 680. The standard InChI is InChI=1S/C19H25N3O3/c1-13-4-5-20-9-16(13)18(24)22-11-19(12-22)7-15(10-25-19)6-17(23)21-8-14-2-3-14/h4-5,9,14-15H,2-3,6-8,10-12H2,1H3,(H,21,23). The van der Waals surface area contributed by atoms with E-state index in [1.54, 1.807) is 12.4 Å². The Morgan fingerprint density at radius 2 is 2.16 bits per heavy atom. The molecule has 4 rings (SSSR count). The molecule has 1 atom stereocenters. The summed E-state index contributed by atoms with van der Waals surface area (Å²) in [5, 5.41) is 3.02. The molecule has 2 amide bonds. The minimum Gasteiger partial charge on any atom is -0.371 e. The van der Waals surface area contributed by atoms with E-state index in [0.717, 1.165) is 18.5 Å². The van der Waals surface area contributed by atoms with E-state index in [4.69, 9.17) is 4.74 Å². The van der Waals surface area contributed by atoms with E-state index in [0.29, 0.717) is 37.6 Å². The number of nitrogens with one attached hydrogen (secondary N) is 1. The average Bonchev–Trinajstić information content (AvgIpc) is 3.30. The molecule has 1 saturated carbocycles. The fraction of sp³-hybridized carbons (Fsp3) is 0.632. The van der Waals surface area contributed by atoms with Crippen LogP contribution in [0.15, 0.2) is 18.5 Å². The monoisotopic (exact) mass is 343 g/mol. The van der Waals surface area contributed by atoms with Gasteiger partial charge in [-0.15, -0.1) is 0 Å². The minimum absolute atomic E-state index is 0.0189. The van der Waals surface area contributed by atoms with E-state index >= 15 is 0 Å². The normalized spacial score (nSPS) is 24.2. The first-order valence-electron chi connectivity index (χ1n) is 9.15. The topological polar surface area (TPSA) is 71.5 Å². The number of nitrogens with zero attached hydrogens (tertiary/aromatic N) is 2. The summed E-state index contributed by atoms with van der Waals surface area (Å²) in [5.74, 6) is 1.12. The molecule has 0 bridgehead atoms. The van der Waals surface area contributed by atoms with Crippen molar-refractivity contribution in [3.05, 3.63) is 29.6 Å². The average molecular weight is 343 g/mol. The lowest BCUT2D eigenvalue weighted by Gasteiger charge is -2.47. The summed E-state index contributed by atoms with van der Waals surface area (Å²) < 4.78 is 5.98. The highest BCUT2D eigenvalue weighted by molar-refractivity contribution is 5.96. The number of amides is 2. The second kappa shape index (κ2) is 6.41. The van der Waals surface area contributed by atoms with E-state index in [1.807, 2.05) is 17.9 Å². The molecule has 1 aromatic heterocycles. The molecule has 1 N–H and O–H groups in total. The number of ether oxygens (including phenoxy) is 1. The van der Waals surface area contributed by atoms with Crippen LogP contribution in [0, 0.1) is 18.8 Å². The minimum atomic E-state index is -0.243. The van der Waals surface area contributed by atoms with Gasteiger partial charge in [0.1, 0.15) is 5.60 Å². The maximum atomic E-state index is 12.6. The Balaban J connectivity index is 1.26. The van der Waals surface area contributed by atoms with E-state index in [9.17, 15) is 9.59 Å². The fourth-order valence-corrected chi connectivity index (χ4v) is 3.86. The smallest absolute Gasteiger partial charge is 0.255 e. The molecule has 134 valence electrons. The number of rotatable bonds is 5. The molecule has 1 aliphatic carbocycles. The fourth-order valence-electron chi connectivity index (χ4n) is 3.86. The van der Waals surface area contributed by atoms with Gasteiger partial charge in [-0.25, -0.2) is 0 Å². The molecule has 0 aromatic carbocycles. The Morgan fingerprint density at radius 3 is 2.88 bits per heavy atom. The zero-order valence-corrected chi connectivity index (χ0v) is 14.7. The maximum absolute atomic E-state index is 12.6. The van der Waals surface area contributed by atoms with Crippen LogP contribution in [0.3, 0.4) is 0 Å². The lowest BCUT2D eigenvalue weighted by atomic mass is 9.85. The predicted molar refractivity (Wildman–Crippen MR) is 92.0 cm³/mol. The second-order valence-corrected chi connectivity index (χ2v) is 7.87. The molecule has 0 radical (unpaired) electrons. The largest absolute Gasteiger partial charge is 0.371 e. The number of aromatic nitrogens is 1. The molecule has 6 heteroatoms. The molecule has 3 heterocycles. The molecular weight excluding hydrogens is 318 g/mol. The number of aryl methyl sites for hydroxylation is 1. The molecule has 3 aliphatic rings. The number of hydrogen-bond acceptors (Lipinski definition) is 4. The van der Waals surface area contributed by atoms with Gasteiger partial charge in [0, 0.05) is 25.4 Å². The lowest BCUT2D eigenvalue weighted by Crippen LogP contribution is -2.63. The predicted octanol–water partition coefficient (Wildman–Crippen LogP) is 1.54. The van der Waals surface area contributed by atoms with Crippen molar-refractivity contribution < 1.29 is 14.3 Å². The highest BCUT2D eigenvalue weighted by Gasteiger charge is 2.51. The zero-order chi connectivity index (χ0) is 17.4. The summed E-state index contributed by atoms with van der Waals surface area (Å²) in [4.78, 5) is 30.4. The Morgan fingerprint density at radius 1 is 1.36 bits per heavy atom. The van der Waals surface area contributed by atoms with Gasteiger partial charge in [0.15, 0.2) is 0 Å². The van der Waals surface area contributed by atoms with Crippen LogP contribution in [0.1, 0.15) is 41.6 Å². The molecule has 1 unspecified atom stereocenters. The molecule has 2 saturated heterocycles. The van der Waals surface area contributed by atoms with Crippen molar-refractivity contribution in [1.82, 2.24) is 15.2 Å². The quantitative estimate of drug-likeness (QED) is 0.880. The first-order chi connectivity index (χ1) is 12.0. The summed E-state index contributed by atoms with van der Waals surface area (Å²) in [6, 6.07) is 1.85. The highest BCUT2D eigenvalue weighted by Crippen LogP contribution is 2.39. The number of carbonyl (C=O) groups excluding carboxylic acids is 2. The first-order valence-corrected chi connectivity index (χ1v) is 9.15. The van der Waals surface area contributed by atoms with Gasteiger partial charge in [-0.3, -0.25) is 14.6 Å². The van der Waals surface area contributed by atoms with Crippen LogP contribution in [0.4, 0.5) is 0 Å². The molecule has 1 aromatic rings. The Kier molecular flexibility index (Phi) is 4.23. The summed E-state index contributed by atoms with van der Waals surface area (Å²) in [6.07, 6.45) is 7.21. The van der Waals surface area contributed by atoms with Crippen LogP contribution in [0.5, 0.6) is 0 Å². The van der Waals surface area contributed by atoms with Crippen molar-refractivity contribution in [2.45, 2.75) is 38.2 Å². The highest BCUT2D eigenvalue weighted by atomic mass is 16.5. The second-order valence-electron chi connectivity index (χ2n) is 7.87. The summed E-state index contributed by atoms with van der Waals surface area (Å²) in [6.45, 7) is 4.59. The van der Waals surface area contributed by atoms with Gasteiger partial charge in [-0.05, 0) is 49.7 Å². The van der Waals surface area contributed by atoms with Crippen LogP contribution in [0.2, 0.25) is 0 Å². The van der Waals surface area contributed by atoms with E-state index in [2.05, 4.69) is 10.3 Å². The van der Waals surface area contributed by atoms with Gasteiger partial charge in [0.05, 0.1) is 25.3 Å². The van der Waals surface area contributed by atoms with E-state index in [1.165, 1.54) is 12.8 Å². The molecular formula is C19H25N3O3. The van der Waals surface area contributed by atoms with Gasteiger partial charge < -0.3 is 15.0 Å². The first kappa shape index (κ1) is 16.5. The van der Waals surface area contributed by atoms with Crippen LogP contribution in [-0.4, -0.2) is 53.5 Å². The molecule has 1 spiro atoms. The maximum Gasteiger partial charge on any atom is 0.255 e. The number of likely N-dealkylation sites (tertiary alicyclic amines) is 1. The van der Waals surface area contributed by atoms with Crippen LogP contribution in [-0.2, 0) is 9.53 Å². The summed E-state index contributed by atoms with van der Waals surface area (Å²) >= 11 is 0. The molecule has 3 fully saturated rings. The number of hydrogen-bond donors (Lipinski definition) is 1. The van der Waals surface area contributed by atoms with Crippen molar-refractivity contribution in [2.24, 2.45) is 11.8 Å². The van der Waals surface area contributed by atoms with Gasteiger partial charge >= 0.3 is 0 Å². The number of carbonyl (C=O) groups is 2. The Hall–Kier alpha value is -1.95.